The van der Waals surface area contributed by atoms with Gasteiger partial charge in [0, 0.05) is 0 Å². The minimum Gasteiger partial charge on any atom is -0.481 e. The first kappa shape index (κ1) is 12.2. The second-order valence-electron chi connectivity index (χ2n) is 5.12. The van der Waals surface area contributed by atoms with Gasteiger partial charge in [0.05, 0.1) is 5.41 Å². The summed E-state index contributed by atoms with van der Waals surface area (Å²) < 4.78 is 0. The summed E-state index contributed by atoms with van der Waals surface area (Å²) in [6.45, 7) is 2.02. The van der Waals surface area contributed by atoms with Gasteiger partial charge in [-0.05, 0) is 30.9 Å². The van der Waals surface area contributed by atoms with Gasteiger partial charge in [0.1, 0.15) is 0 Å². The van der Waals surface area contributed by atoms with Crippen LogP contribution in [-0.2, 0) is 10.2 Å². The molecule has 0 bridgehead atoms. The predicted molar refractivity (Wildman–Crippen MR) is 68.2 cm³/mol. The Morgan fingerprint density at radius 3 is 2.24 bits per heavy atom. The highest BCUT2D eigenvalue weighted by Gasteiger charge is 2.40. The lowest BCUT2D eigenvalue weighted by molar-refractivity contribution is -0.144. The topological polar surface area (TPSA) is 37.3 Å². The summed E-state index contributed by atoms with van der Waals surface area (Å²) in [4.78, 5) is 11.8. The van der Waals surface area contributed by atoms with Crippen LogP contribution in [0.5, 0.6) is 0 Å². The zero-order valence-electron chi connectivity index (χ0n) is 10.4. The minimum absolute atomic E-state index is 0.637. The van der Waals surface area contributed by atoms with Crippen molar-refractivity contribution in [1.82, 2.24) is 0 Å². The Kier molecular flexibility index (Phi) is 3.51. The summed E-state index contributed by atoms with van der Waals surface area (Å²) in [5, 5.41) is 9.69. The molecule has 0 aromatic heterocycles. The van der Waals surface area contributed by atoms with Gasteiger partial charge < -0.3 is 5.11 Å². The van der Waals surface area contributed by atoms with E-state index in [0.717, 1.165) is 36.8 Å². The van der Waals surface area contributed by atoms with Gasteiger partial charge in [-0.1, -0.05) is 49.9 Å². The van der Waals surface area contributed by atoms with E-state index in [1.807, 2.05) is 31.2 Å². The maximum Gasteiger partial charge on any atom is 0.314 e. The fourth-order valence-electron chi connectivity index (χ4n) is 3.04. The van der Waals surface area contributed by atoms with Crippen molar-refractivity contribution in [2.75, 3.05) is 0 Å². The van der Waals surface area contributed by atoms with Crippen LogP contribution < -0.4 is 0 Å². The van der Waals surface area contributed by atoms with Crippen LogP contribution in [0.15, 0.2) is 24.3 Å². The molecule has 2 heteroatoms. The highest BCUT2D eigenvalue weighted by molar-refractivity contribution is 5.82. The van der Waals surface area contributed by atoms with E-state index < -0.39 is 11.4 Å². The molecule has 1 aromatic carbocycles. The second kappa shape index (κ2) is 4.91. The number of carboxylic acids is 1. The van der Waals surface area contributed by atoms with Gasteiger partial charge in [0.25, 0.3) is 0 Å². The fraction of sp³-hybridized carbons (Fsp3) is 0.533. The molecular formula is C15H20O2. The standard InChI is InChI=1S/C15H20O2/c1-12-8-4-5-9-13(12)15(14(16)17)10-6-2-3-7-11-15/h4-5,8-9H,2-3,6-7,10-11H2,1H3,(H,16,17). The summed E-state index contributed by atoms with van der Waals surface area (Å²) in [7, 11) is 0. The molecule has 0 unspecified atom stereocenters. The maximum absolute atomic E-state index is 11.8. The molecule has 1 aliphatic rings. The van der Waals surface area contributed by atoms with Crippen LogP contribution in [0.1, 0.15) is 49.7 Å². The van der Waals surface area contributed by atoms with Gasteiger partial charge in [-0.3, -0.25) is 4.79 Å². The van der Waals surface area contributed by atoms with E-state index in [-0.39, 0.29) is 0 Å². The van der Waals surface area contributed by atoms with E-state index in [1.54, 1.807) is 0 Å². The van der Waals surface area contributed by atoms with E-state index in [9.17, 15) is 9.90 Å². The second-order valence-corrected chi connectivity index (χ2v) is 5.12. The molecule has 0 heterocycles. The van der Waals surface area contributed by atoms with Crippen molar-refractivity contribution in [2.45, 2.75) is 50.9 Å². The number of carboxylic acid groups (broad SMARTS) is 1. The SMILES string of the molecule is Cc1ccccc1C1(C(=O)O)CCCCCC1. The van der Waals surface area contributed by atoms with Crippen molar-refractivity contribution in [3.8, 4) is 0 Å². The van der Waals surface area contributed by atoms with Crippen LogP contribution in [0.4, 0.5) is 0 Å². The Labute approximate surface area is 103 Å². The number of hydrogen-bond donors (Lipinski definition) is 1. The van der Waals surface area contributed by atoms with Gasteiger partial charge in [-0.25, -0.2) is 0 Å². The lowest BCUT2D eigenvalue weighted by Crippen LogP contribution is -2.36. The normalized spacial score (nSPS) is 19.6. The van der Waals surface area contributed by atoms with Crippen molar-refractivity contribution in [3.05, 3.63) is 35.4 Å². The molecule has 2 rings (SSSR count). The summed E-state index contributed by atoms with van der Waals surface area (Å²) in [6, 6.07) is 7.95. The van der Waals surface area contributed by atoms with Gasteiger partial charge in [-0.15, -0.1) is 0 Å². The highest BCUT2D eigenvalue weighted by atomic mass is 16.4. The molecule has 0 amide bonds. The van der Waals surface area contributed by atoms with E-state index in [1.165, 1.54) is 12.8 Å². The average Bonchev–Trinajstić information content (AvgIpc) is 2.56. The quantitative estimate of drug-likeness (QED) is 0.790. The molecule has 2 nitrogen and oxygen atoms in total. The molecule has 0 saturated heterocycles. The Balaban J connectivity index is 2.46. The number of aryl methyl sites for hydroxylation is 1. The van der Waals surface area contributed by atoms with E-state index >= 15 is 0 Å². The summed E-state index contributed by atoms with van der Waals surface area (Å²) in [5.41, 5.74) is 1.49. The van der Waals surface area contributed by atoms with Crippen LogP contribution >= 0.6 is 0 Å². The summed E-state index contributed by atoms with van der Waals surface area (Å²) >= 11 is 0. The maximum atomic E-state index is 11.8. The first-order valence-corrected chi connectivity index (χ1v) is 6.46. The number of aliphatic carboxylic acids is 1. The van der Waals surface area contributed by atoms with Gasteiger partial charge in [0.2, 0.25) is 0 Å². The number of benzene rings is 1. The van der Waals surface area contributed by atoms with E-state index in [4.69, 9.17) is 0 Å². The Morgan fingerprint density at radius 2 is 1.71 bits per heavy atom. The Bertz CT molecular complexity index is 401. The van der Waals surface area contributed by atoms with Gasteiger partial charge in [0.15, 0.2) is 0 Å². The third kappa shape index (κ3) is 2.21. The first-order valence-electron chi connectivity index (χ1n) is 6.46. The van der Waals surface area contributed by atoms with Crippen LogP contribution in [0.25, 0.3) is 0 Å². The predicted octanol–water partition coefficient (Wildman–Crippen LogP) is 3.67. The lowest BCUT2D eigenvalue weighted by Gasteiger charge is -2.30. The van der Waals surface area contributed by atoms with Crippen molar-refractivity contribution < 1.29 is 9.90 Å². The molecule has 92 valence electrons. The molecular weight excluding hydrogens is 212 g/mol. The lowest BCUT2D eigenvalue weighted by atomic mass is 9.73. The van der Waals surface area contributed by atoms with Crippen molar-refractivity contribution in [2.24, 2.45) is 0 Å². The third-order valence-corrected chi connectivity index (χ3v) is 4.03. The number of carbonyl (C=O) groups is 1. The van der Waals surface area contributed by atoms with Gasteiger partial charge >= 0.3 is 5.97 Å². The van der Waals surface area contributed by atoms with E-state index in [0.29, 0.717) is 0 Å². The molecule has 1 saturated carbocycles. The smallest absolute Gasteiger partial charge is 0.314 e. The molecule has 1 aliphatic carbocycles. The molecule has 0 aliphatic heterocycles. The molecule has 1 fully saturated rings. The summed E-state index contributed by atoms with van der Waals surface area (Å²) in [5.74, 6) is -0.645. The zero-order valence-corrected chi connectivity index (χ0v) is 10.4. The van der Waals surface area contributed by atoms with Crippen LogP contribution in [0.3, 0.4) is 0 Å². The zero-order chi connectivity index (χ0) is 12.3. The monoisotopic (exact) mass is 232 g/mol. The minimum atomic E-state index is -0.645. The first-order chi connectivity index (χ1) is 8.17. The van der Waals surface area contributed by atoms with Crippen molar-refractivity contribution >= 4 is 5.97 Å². The number of hydrogen-bond acceptors (Lipinski definition) is 1. The largest absolute Gasteiger partial charge is 0.481 e. The van der Waals surface area contributed by atoms with E-state index in [2.05, 4.69) is 0 Å². The molecule has 0 radical (unpaired) electrons. The molecule has 17 heavy (non-hydrogen) atoms. The molecule has 1 N–H and O–H groups in total. The van der Waals surface area contributed by atoms with Crippen LogP contribution in [0, 0.1) is 6.92 Å². The fourth-order valence-corrected chi connectivity index (χ4v) is 3.04. The van der Waals surface area contributed by atoms with Crippen LogP contribution in [-0.4, -0.2) is 11.1 Å². The third-order valence-electron chi connectivity index (χ3n) is 4.03. The van der Waals surface area contributed by atoms with Crippen molar-refractivity contribution in [1.29, 1.82) is 0 Å². The molecule has 0 atom stereocenters. The van der Waals surface area contributed by atoms with Crippen LogP contribution in [0.2, 0.25) is 0 Å². The number of rotatable bonds is 2. The van der Waals surface area contributed by atoms with Gasteiger partial charge in [-0.2, -0.15) is 0 Å². The average molecular weight is 232 g/mol. The molecule has 0 spiro atoms. The molecule has 1 aromatic rings. The van der Waals surface area contributed by atoms with Crippen molar-refractivity contribution in [3.63, 3.8) is 0 Å². The Hall–Kier alpha value is -1.31. The Morgan fingerprint density at radius 1 is 1.12 bits per heavy atom. The summed E-state index contributed by atoms with van der Waals surface area (Å²) in [6.07, 6.45) is 5.96. The highest BCUT2D eigenvalue weighted by Crippen LogP contribution is 2.39.